The molecule has 0 aliphatic carbocycles. The molecule has 0 bridgehead atoms. The van der Waals surface area contributed by atoms with Gasteiger partial charge in [-0.2, -0.15) is 0 Å². The number of nitrogens with one attached hydrogen (secondary N) is 2. The van der Waals surface area contributed by atoms with Crippen LogP contribution in [0.2, 0.25) is 0 Å². The maximum absolute atomic E-state index is 13.0. The monoisotopic (exact) mass is 307 g/mol. The van der Waals surface area contributed by atoms with Gasteiger partial charge in [0.15, 0.2) is 0 Å². The standard InChI is InChI=1S/C15H15F2N3O2/c1-8-13(15(22)19-9(2)18-8)3-4-14(21)20-12-6-10(16)5-11(17)7-12/h5-7H,3-4H2,1-2H3,(H,20,21)(H,18,19,22). The second kappa shape index (κ2) is 6.46. The van der Waals surface area contributed by atoms with Gasteiger partial charge in [0.05, 0.1) is 0 Å². The third-order valence-electron chi connectivity index (χ3n) is 3.09. The number of carbonyl (C=O) groups is 1. The molecule has 0 aliphatic rings. The van der Waals surface area contributed by atoms with Gasteiger partial charge in [0.1, 0.15) is 17.5 Å². The molecule has 0 saturated carbocycles. The van der Waals surface area contributed by atoms with Crippen molar-refractivity contribution in [3.05, 3.63) is 57.3 Å². The van der Waals surface area contributed by atoms with Crippen LogP contribution in [0.5, 0.6) is 0 Å². The highest BCUT2D eigenvalue weighted by molar-refractivity contribution is 5.90. The minimum absolute atomic E-state index is 0.00674. The normalized spacial score (nSPS) is 10.5. The molecule has 0 fully saturated rings. The SMILES string of the molecule is Cc1nc(C)c(CCC(=O)Nc2cc(F)cc(F)c2)c(=O)[nH]1. The fourth-order valence-electron chi connectivity index (χ4n) is 2.13. The van der Waals surface area contributed by atoms with E-state index in [0.29, 0.717) is 17.1 Å². The van der Waals surface area contributed by atoms with E-state index >= 15 is 0 Å². The van der Waals surface area contributed by atoms with Gasteiger partial charge >= 0.3 is 0 Å². The molecule has 116 valence electrons. The molecule has 2 aromatic rings. The Morgan fingerprint density at radius 2 is 1.86 bits per heavy atom. The number of hydrogen-bond acceptors (Lipinski definition) is 3. The first-order valence-electron chi connectivity index (χ1n) is 6.67. The van der Waals surface area contributed by atoms with E-state index in [1.807, 2.05) is 0 Å². The molecular weight excluding hydrogens is 292 g/mol. The number of hydrogen-bond donors (Lipinski definition) is 2. The lowest BCUT2D eigenvalue weighted by Crippen LogP contribution is -2.20. The number of nitrogens with zero attached hydrogens (tertiary/aromatic N) is 1. The Kier molecular flexibility index (Phi) is 4.65. The summed E-state index contributed by atoms with van der Waals surface area (Å²) in [5, 5.41) is 2.39. The van der Waals surface area contributed by atoms with Crippen LogP contribution in [-0.2, 0) is 11.2 Å². The van der Waals surface area contributed by atoms with Crippen LogP contribution in [0, 0.1) is 25.5 Å². The van der Waals surface area contributed by atoms with E-state index in [0.717, 1.165) is 18.2 Å². The highest BCUT2D eigenvalue weighted by atomic mass is 19.1. The van der Waals surface area contributed by atoms with Crippen LogP contribution >= 0.6 is 0 Å². The van der Waals surface area contributed by atoms with Gasteiger partial charge in [-0.25, -0.2) is 13.8 Å². The molecule has 0 saturated heterocycles. The summed E-state index contributed by atoms with van der Waals surface area (Å²) in [5.41, 5.74) is 0.738. The van der Waals surface area contributed by atoms with E-state index in [4.69, 9.17) is 0 Å². The molecule has 1 heterocycles. The summed E-state index contributed by atoms with van der Waals surface area (Å²) in [5.74, 6) is -1.48. The molecule has 0 aliphatic heterocycles. The Morgan fingerprint density at radius 3 is 2.45 bits per heavy atom. The Balaban J connectivity index is 2.03. The number of amides is 1. The number of aromatic nitrogens is 2. The molecule has 7 heteroatoms. The average Bonchev–Trinajstić information content (AvgIpc) is 2.35. The summed E-state index contributed by atoms with van der Waals surface area (Å²) in [6, 6.07) is 2.76. The summed E-state index contributed by atoms with van der Waals surface area (Å²) in [4.78, 5) is 30.3. The van der Waals surface area contributed by atoms with Gasteiger partial charge in [0, 0.05) is 29.4 Å². The van der Waals surface area contributed by atoms with Crippen LogP contribution in [0.4, 0.5) is 14.5 Å². The maximum Gasteiger partial charge on any atom is 0.254 e. The van der Waals surface area contributed by atoms with Gasteiger partial charge in [-0.15, -0.1) is 0 Å². The number of aryl methyl sites for hydroxylation is 2. The summed E-state index contributed by atoms with van der Waals surface area (Å²) in [7, 11) is 0. The fraction of sp³-hybridized carbons (Fsp3) is 0.267. The van der Waals surface area contributed by atoms with Crippen molar-refractivity contribution in [3.8, 4) is 0 Å². The van der Waals surface area contributed by atoms with E-state index < -0.39 is 17.5 Å². The number of halogens is 2. The fourth-order valence-corrected chi connectivity index (χ4v) is 2.13. The predicted octanol–water partition coefficient (Wildman–Crippen LogP) is 2.24. The number of carbonyl (C=O) groups excluding carboxylic acids is 1. The molecule has 1 aromatic heterocycles. The second-order valence-corrected chi connectivity index (χ2v) is 4.92. The van der Waals surface area contributed by atoms with Gasteiger partial charge in [0.2, 0.25) is 5.91 Å². The van der Waals surface area contributed by atoms with Crippen LogP contribution < -0.4 is 10.9 Å². The van der Waals surface area contributed by atoms with Gasteiger partial charge in [-0.1, -0.05) is 0 Å². The first-order chi connectivity index (χ1) is 10.3. The van der Waals surface area contributed by atoms with Crippen molar-refractivity contribution in [1.29, 1.82) is 0 Å². The molecule has 2 N–H and O–H groups in total. The van der Waals surface area contributed by atoms with E-state index in [9.17, 15) is 18.4 Å². The lowest BCUT2D eigenvalue weighted by Gasteiger charge is -2.07. The van der Waals surface area contributed by atoms with Crippen LogP contribution in [0.15, 0.2) is 23.0 Å². The van der Waals surface area contributed by atoms with Crippen molar-refractivity contribution in [2.24, 2.45) is 0 Å². The van der Waals surface area contributed by atoms with Crippen LogP contribution in [-0.4, -0.2) is 15.9 Å². The van der Waals surface area contributed by atoms with E-state index in [2.05, 4.69) is 15.3 Å². The van der Waals surface area contributed by atoms with Crippen molar-refractivity contribution in [2.45, 2.75) is 26.7 Å². The number of benzene rings is 1. The Hall–Kier alpha value is -2.57. The quantitative estimate of drug-likeness (QED) is 0.909. The molecule has 0 unspecified atom stereocenters. The zero-order valence-corrected chi connectivity index (χ0v) is 12.2. The van der Waals surface area contributed by atoms with E-state index in [-0.39, 0.29) is 24.1 Å². The number of H-pyrrole nitrogens is 1. The first kappa shape index (κ1) is 15.8. The molecule has 2 rings (SSSR count). The van der Waals surface area contributed by atoms with Crippen molar-refractivity contribution in [2.75, 3.05) is 5.32 Å². The Bertz CT molecular complexity index is 752. The number of rotatable bonds is 4. The van der Waals surface area contributed by atoms with Gasteiger partial charge < -0.3 is 10.3 Å². The molecule has 1 aromatic carbocycles. The molecule has 1 amide bonds. The zero-order valence-electron chi connectivity index (χ0n) is 12.2. The van der Waals surface area contributed by atoms with E-state index in [1.54, 1.807) is 13.8 Å². The van der Waals surface area contributed by atoms with Crippen molar-refractivity contribution < 1.29 is 13.6 Å². The molecule has 0 spiro atoms. The summed E-state index contributed by atoms with van der Waals surface area (Å²) in [6.45, 7) is 3.36. The maximum atomic E-state index is 13.0. The number of aromatic amines is 1. The lowest BCUT2D eigenvalue weighted by molar-refractivity contribution is -0.116. The number of anilines is 1. The first-order valence-corrected chi connectivity index (χ1v) is 6.67. The van der Waals surface area contributed by atoms with Gasteiger partial charge in [0.25, 0.3) is 5.56 Å². The predicted molar refractivity (Wildman–Crippen MR) is 77.6 cm³/mol. The van der Waals surface area contributed by atoms with Crippen LogP contribution in [0.1, 0.15) is 23.5 Å². The molecular formula is C15H15F2N3O2. The third-order valence-corrected chi connectivity index (χ3v) is 3.09. The van der Waals surface area contributed by atoms with Gasteiger partial charge in [-0.3, -0.25) is 9.59 Å². The largest absolute Gasteiger partial charge is 0.326 e. The lowest BCUT2D eigenvalue weighted by atomic mass is 10.1. The van der Waals surface area contributed by atoms with E-state index in [1.165, 1.54) is 0 Å². The van der Waals surface area contributed by atoms with Crippen molar-refractivity contribution in [3.63, 3.8) is 0 Å². The Labute approximate surface area is 125 Å². The average molecular weight is 307 g/mol. The summed E-state index contributed by atoms with van der Waals surface area (Å²) >= 11 is 0. The highest BCUT2D eigenvalue weighted by Crippen LogP contribution is 2.13. The van der Waals surface area contributed by atoms with Crippen LogP contribution in [0.25, 0.3) is 0 Å². The zero-order chi connectivity index (χ0) is 16.3. The highest BCUT2D eigenvalue weighted by Gasteiger charge is 2.10. The minimum atomic E-state index is -0.773. The smallest absolute Gasteiger partial charge is 0.254 e. The summed E-state index contributed by atoms with van der Waals surface area (Å²) in [6.07, 6.45) is 0.199. The van der Waals surface area contributed by atoms with Gasteiger partial charge in [-0.05, 0) is 32.4 Å². The molecule has 22 heavy (non-hydrogen) atoms. The molecule has 0 atom stereocenters. The Morgan fingerprint density at radius 1 is 1.23 bits per heavy atom. The van der Waals surface area contributed by atoms with Crippen molar-refractivity contribution >= 4 is 11.6 Å². The van der Waals surface area contributed by atoms with Crippen molar-refractivity contribution in [1.82, 2.24) is 9.97 Å². The second-order valence-electron chi connectivity index (χ2n) is 4.92. The minimum Gasteiger partial charge on any atom is -0.326 e. The summed E-state index contributed by atoms with van der Waals surface area (Å²) < 4.78 is 26.1. The topological polar surface area (TPSA) is 74.8 Å². The molecule has 0 radical (unpaired) electrons. The third kappa shape index (κ3) is 3.97. The molecule has 5 nitrogen and oxygen atoms in total. The van der Waals surface area contributed by atoms with Crippen LogP contribution in [0.3, 0.4) is 0 Å².